The highest BCUT2D eigenvalue weighted by Gasteiger charge is 2.09. The molecular weight excluding hydrogens is 166 g/mol. The molecule has 1 atom stereocenters. The predicted molar refractivity (Wildman–Crippen MR) is 50.5 cm³/mol. The van der Waals surface area contributed by atoms with Crippen molar-refractivity contribution in [3.63, 3.8) is 0 Å². The maximum Gasteiger partial charge on any atom is 0.105 e. The van der Waals surface area contributed by atoms with Gasteiger partial charge in [-0.15, -0.1) is 5.10 Å². The lowest BCUT2D eigenvalue weighted by Gasteiger charge is -2.07. The second-order valence-corrected chi connectivity index (χ2v) is 3.21. The number of aromatic nitrogens is 3. The molecule has 72 valence electrons. The van der Waals surface area contributed by atoms with Crippen LogP contribution in [0.4, 0.5) is 0 Å². The van der Waals surface area contributed by atoms with Crippen molar-refractivity contribution < 1.29 is 0 Å². The number of allylic oxidation sites excluding steroid dienone is 1. The Balaban J connectivity index is 2.84. The van der Waals surface area contributed by atoms with Crippen LogP contribution in [0.3, 0.4) is 0 Å². The van der Waals surface area contributed by atoms with Gasteiger partial charge in [0.25, 0.3) is 0 Å². The van der Waals surface area contributed by atoms with E-state index in [-0.39, 0.29) is 6.04 Å². The summed E-state index contributed by atoms with van der Waals surface area (Å²) in [6.45, 7) is 4.03. The first-order valence-electron chi connectivity index (χ1n) is 4.11. The Hall–Kier alpha value is -1.20. The fourth-order valence-corrected chi connectivity index (χ4v) is 1.06. The molecule has 0 bridgehead atoms. The lowest BCUT2D eigenvalue weighted by atomic mass is 10.1. The Kier molecular flexibility index (Phi) is 3.16. The summed E-state index contributed by atoms with van der Waals surface area (Å²) >= 11 is 0. The molecule has 1 rings (SSSR count). The summed E-state index contributed by atoms with van der Waals surface area (Å²) in [5, 5.41) is 7.80. The summed E-state index contributed by atoms with van der Waals surface area (Å²) in [6, 6.07) is -0.0568. The highest BCUT2D eigenvalue weighted by molar-refractivity contribution is 5.12. The number of nitrogens with two attached hydrogens (primary N) is 1. The standard InChI is InChI=1S/C8H15N5/c1-6(2)4-7(10-9)8-5-13(3)12-11-8/h4-5,7,10H,9H2,1-3H3. The molecule has 1 unspecified atom stereocenters. The third-order valence-corrected chi connectivity index (χ3v) is 1.62. The van der Waals surface area contributed by atoms with Crippen molar-refractivity contribution in [3.05, 3.63) is 23.5 Å². The van der Waals surface area contributed by atoms with E-state index < -0.39 is 0 Å². The van der Waals surface area contributed by atoms with Gasteiger partial charge in [-0.05, 0) is 13.8 Å². The molecule has 0 saturated heterocycles. The third kappa shape index (κ3) is 2.64. The van der Waals surface area contributed by atoms with Crippen LogP contribution < -0.4 is 11.3 Å². The smallest absolute Gasteiger partial charge is 0.105 e. The summed E-state index contributed by atoms with van der Waals surface area (Å²) in [4.78, 5) is 0. The molecule has 0 aromatic carbocycles. The molecular formula is C8H15N5. The van der Waals surface area contributed by atoms with Crippen molar-refractivity contribution in [2.75, 3.05) is 0 Å². The second-order valence-electron chi connectivity index (χ2n) is 3.21. The van der Waals surface area contributed by atoms with Gasteiger partial charge in [-0.3, -0.25) is 10.5 Å². The van der Waals surface area contributed by atoms with Gasteiger partial charge in [0.05, 0.1) is 12.2 Å². The molecule has 1 heterocycles. The largest absolute Gasteiger partial charge is 0.271 e. The van der Waals surface area contributed by atoms with Crippen molar-refractivity contribution in [1.29, 1.82) is 0 Å². The average Bonchev–Trinajstić information content (AvgIpc) is 2.47. The molecule has 0 aliphatic rings. The Morgan fingerprint density at radius 3 is 2.77 bits per heavy atom. The molecule has 0 fully saturated rings. The van der Waals surface area contributed by atoms with Gasteiger partial charge in [0.1, 0.15) is 5.69 Å². The van der Waals surface area contributed by atoms with Crippen molar-refractivity contribution >= 4 is 0 Å². The molecule has 0 aliphatic heterocycles. The summed E-state index contributed by atoms with van der Waals surface area (Å²) in [7, 11) is 1.83. The van der Waals surface area contributed by atoms with E-state index in [0.29, 0.717) is 0 Å². The number of hydrogen-bond donors (Lipinski definition) is 2. The van der Waals surface area contributed by atoms with E-state index in [2.05, 4.69) is 15.7 Å². The summed E-state index contributed by atoms with van der Waals surface area (Å²) in [5.74, 6) is 5.39. The Labute approximate surface area is 77.6 Å². The molecule has 0 saturated carbocycles. The predicted octanol–water partition coefficient (Wildman–Crippen LogP) is 0.286. The minimum atomic E-state index is -0.0568. The summed E-state index contributed by atoms with van der Waals surface area (Å²) in [5.41, 5.74) is 4.68. The first-order chi connectivity index (χ1) is 6.13. The molecule has 0 amide bonds. The fourth-order valence-electron chi connectivity index (χ4n) is 1.06. The van der Waals surface area contributed by atoms with Crippen molar-refractivity contribution in [2.45, 2.75) is 19.9 Å². The first-order valence-corrected chi connectivity index (χ1v) is 4.11. The highest BCUT2D eigenvalue weighted by Crippen LogP contribution is 2.11. The van der Waals surface area contributed by atoms with E-state index in [9.17, 15) is 0 Å². The molecule has 1 aromatic rings. The lowest BCUT2D eigenvalue weighted by Crippen LogP contribution is -2.27. The number of aryl methyl sites for hydroxylation is 1. The van der Waals surface area contributed by atoms with Gasteiger partial charge in [-0.25, -0.2) is 5.43 Å². The number of rotatable bonds is 3. The van der Waals surface area contributed by atoms with E-state index in [4.69, 9.17) is 5.84 Å². The van der Waals surface area contributed by atoms with E-state index in [0.717, 1.165) is 5.69 Å². The summed E-state index contributed by atoms with van der Waals surface area (Å²) in [6.07, 6.45) is 3.84. The maximum absolute atomic E-state index is 5.39. The normalized spacial score (nSPS) is 12.6. The minimum absolute atomic E-state index is 0.0568. The van der Waals surface area contributed by atoms with Gasteiger partial charge in [-0.1, -0.05) is 16.9 Å². The highest BCUT2D eigenvalue weighted by atomic mass is 15.4. The van der Waals surface area contributed by atoms with E-state index >= 15 is 0 Å². The van der Waals surface area contributed by atoms with Crippen LogP contribution in [0.25, 0.3) is 0 Å². The molecule has 0 spiro atoms. The van der Waals surface area contributed by atoms with E-state index in [1.54, 1.807) is 4.68 Å². The SMILES string of the molecule is CC(C)=CC(NN)c1cn(C)nn1. The maximum atomic E-state index is 5.39. The number of hydrazine groups is 1. The van der Waals surface area contributed by atoms with Crippen LogP contribution >= 0.6 is 0 Å². The molecule has 0 radical (unpaired) electrons. The van der Waals surface area contributed by atoms with Crippen molar-refractivity contribution in [1.82, 2.24) is 20.4 Å². The lowest BCUT2D eigenvalue weighted by molar-refractivity contribution is 0.632. The van der Waals surface area contributed by atoms with Crippen LogP contribution in [0.5, 0.6) is 0 Å². The van der Waals surface area contributed by atoms with Gasteiger partial charge in [-0.2, -0.15) is 0 Å². The van der Waals surface area contributed by atoms with Crippen LogP contribution in [0.15, 0.2) is 17.8 Å². The van der Waals surface area contributed by atoms with Gasteiger partial charge in [0.2, 0.25) is 0 Å². The number of nitrogens with zero attached hydrogens (tertiary/aromatic N) is 3. The molecule has 1 aromatic heterocycles. The van der Waals surface area contributed by atoms with Gasteiger partial charge in [0, 0.05) is 7.05 Å². The zero-order chi connectivity index (χ0) is 9.84. The zero-order valence-electron chi connectivity index (χ0n) is 8.15. The monoisotopic (exact) mass is 181 g/mol. The Bertz CT molecular complexity index is 297. The van der Waals surface area contributed by atoms with Gasteiger partial charge < -0.3 is 0 Å². The van der Waals surface area contributed by atoms with Gasteiger partial charge >= 0.3 is 0 Å². The van der Waals surface area contributed by atoms with E-state index in [1.807, 2.05) is 33.2 Å². The molecule has 5 heteroatoms. The zero-order valence-corrected chi connectivity index (χ0v) is 8.15. The fraction of sp³-hybridized carbons (Fsp3) is 0.500. The average molecular weight is 181 g/mol. The number of hydrogen-bond acceptors (Lipinski definition) is 4. The Morgan fingerprint density at radius 1 is 1.69 bits per heavy atom. The number of nitrogens with one attached hydrogen (secondary N) is 1. The first kappa shape index (κ1) is 9.88. The van der Waals surface area contributed by atoms with Crippen LogP contribution in [-0.4, -0.2) is 15.0 Å². The molecule has 3 N–H and O–H groups in total. The quantitative estimate of drug-likeness (QED) is 0.399. The molecule has 13 heavy (non-hydrogen) atoms. The molecule has 0 aliphatic carbocycles. The Morgan fingerprint density at radius 2 is 2.38 bits per heavy atom. The van der Waals surface area contributed by atoms with Crippen LogP contribution in [-0.2, 0) is 7.05 Å². The summed E-state index contributed by atoms with van der Waals surface area (Å²) < 4.78 is 1.65. The van der Waals surface area contributed by atoms with E-state index in [1.165, 1.54) is 5.57 Å². The van der Waals surface area contributed by atoms with Crippen molar-refractivity contribution in [2.24, 2.45) is 12.9 Å². The van der Waals surface area contributed by atoms with Crippen LogP contribution in [0, 0.1) is 0 Å². The van der Waals surface area contributed by atoms with Gasteiger partial charge in [0.15, 0.2) is 0 Å². The topological polar surface area (TPSA) is 68.8 Å². The third-order valence-electron chi connectivity index (χ3n) is 1.62. The van der Waals surface area contributed by atoms with Crippen molar-refractivity contribution in [3.8, 4) is 0 Å². The minimum Gasteiger partial charge on any atom is -0.271 e. The molecule has 5 nitrogen and oxygen atoms in total. The second kappa shape index (κ2) is 4.15. The van der Waals surface area contributed by atoms with Crippen LogP contribution in [0.1, 0.15) is 25.6 Å². The van der Waals surface area contributed by atoms with Crippen LogP contribution in [0.2, 0.25) is 0 Å².